The van der Waals surface area contributed by atoms with Gasteiger partial charge in [-0.2, -0.15) is 11.3 Å². The Morgan fingerprint density at radius 2 is 2.04 bits per heavy atom. The third-order valence-electron chi connectivity index (χ3n) is 4.79. The third-order valence-corrected chi connectivity index (χ3v) is 6.47. The molecule has 0 bridgehead atoms. The second-order valence-corrected chi connectivity index (χ2v) is 8.29. The molecule has 0 fully saturated rings. The molecule has 2 N–H and O–H groups in total. The molecule has 1 unspecified atom stereocenters. The van der Waals surface area contributed by atoms with Crippen LogP contribution in [0.3, 0.4) is 0 Å². The van der Waals surface area contributed by atoms with E-state index < -0.39 is 11.7 Å². The molecule has 1 aliphatic heterocycles. The van der Waals surface area contributed by atoms with Crippen molar-refractivity contribution in [1.29, 1.82) is 0 Å². The summed E-state index contributed by atoms with van der Waals surface area (Å²) in [4.78, 5) is 28.0. The van der Waals surface area contributed by atoms with Gasteiger partial charge in [-0.05, 0) is 60.0 Å². The van der Waals surface area contributed by atoms with Crippen molar-refractivity contribution >= 4 is 46.0 Å². The Morgan fingerprint density at radius 1 is 1.18 bits per heavy atom. The molecule has 3 heterocycles. The Bertz CT molecular complexity index is 1020. The number of carbonyl (C=O) groups excluding carboxylic acids is 2. The number of nitrogens with one attached hydrogen (secondary N) is 2. The Hall–Kier alpha value is -2.71. The van der Waals surface area contributed by atoms with E-state index in [-0.39, 0.29) is 17.8 Å². The Balaban J connectivity index is 1.48. The molecule has 5 nitrogen and oxygen atoms in total. The minimum absolute atomic E-state index is 0.0202. The predicted molar refractivity (Wildman–Crippen MR) is 111 cm³/mol. The first-order chi connectivity index (χ1) is 13.5. The van der Waals surface area contributed by atoms with Gasteiger partial charge in [-0.15, -0.1) is 11.3 Å². The van der Waals surface area contributed by atoms with Crippen LogP contribution in [-0.2, 0) is 6.42 Å². The summed E-state index contributed by atoms with van der Waals surface area (Å²) in [6.45, 7) is 2.63. The normalized spacial score (nSPS) is 15.8. The fourth-order valence-corrected chi connectivity index (χ4v) is 4.87. The lowest BCUT2D eigenvalue weighted by Gasteiger charge is -2.33. The molecule has 0 radical (unpaired) electrons. The summed E-state index contributed by atoms with van der Waals surface area (Å²) in [5.74, 6) is -0.950. The van der Waals surface area contributed by atoms with Crippen molar-refractivity contribution in [3.05, 3.63) is 68.3 Å². The molecule has 1 aliphatic rings. The van der Waals surface area contributed by atoms with Gasteiger partial charge in [-0.3, -0.25) is 4.79 Å². The highest BCUT2D eigenvalue weighted by Crippen LogP contribution is 2.33. The second kappa shape index (κ2) is 7.73. The number of anilines is 2. The smallest absolute Gasteiger partial charge is 0.319 e. The number of thiophene rings is 2. The van der Waals surface area contributed by atoms with Gasteiger partial charge in [0.2, 0.25) is 0 Å². The lowest BCUT2D eigenvalue weighted by molar-refractivity contribution is 0.102. The van der Waals surface area contributed by atoms with Gasteiger partial charge in [0.15, 0.2) is 0 Å². The van der Waals surface area contributed by atoms with E-state index in [4.69, 9.17) is 0 Å². The zero-order valence-electron chi connectivity index (χ0n) is 15.1. The summed E-state index contributed by atoms with van der Waals surface area (Å²) < 4.78 is 14.1. The number of rotatable bonds is 3. The van der Waals surface area contributed by atoms with Crippen molar-refractivity contribution in [3.63, 3.8) is 0 Å². The minimum Gasteiger partial charge on any atom is -0.319 e. The van der Waals surface area contributed by atoms with Crippen LogP contribution in [0.4, 0.5) is 20.6 Å². The molecule has 8 heteroatoms. The van der Waals surface area contributed by atoms with Gasteiger partial charge in [0.1, 0.15) is 5.82 Å². The number of urea groups is 1. The molecule has 3 amide bonds. The molecule has 0 aliphatic carbocycles. The molecule has 0 saturated heterocycles. The summed E-state index contributed by atoms with van der Waals surface area (Å²) in [6.07, 6.45) is 0.829. The maximum Gasteiger partial charge on any atom is 0.322 e. The Kier molecular flexibility index (Phi) is 5.15. The summed E-state index contributed by atoms with van der Waals surface area (Å²) in [6, 6.07) is 7.61. The van der Waals surface area contributed by atoms with E-state index in [1.165, 1.54) is 40.0 Å². The zero-order valence-corrected chi connectivity index (χ0v) is 16.7. The molecular formula is C20H18FN3O2S2. The number of benzene rings is 1. The third kappa shape index (κ3) is 3.65. The molecule has 28 heavy (non-hydrogen) atoms. The first-order valence-electron chi connectivity index (χ1n) is 8.80. The molecule has 0 spiro atoms. The van der Waals surface area contributed by atoms with E-state index in [0.29, 0.717) is 17.8 Å². The number of hydrogen-bond acceptors (Lipinski definition) is 4. The molecule has 144 valence electrons. The molecular weight excluding hydrogens is 397 g/mol. The molecule has 1 atom stereocenters. The van der Waals surface area contributed by atoms with Crippen molar-refractivity contribution < 1.29 is 14.0 Å². The van der Waals surface area contributed by atoms with E-state index in [1.807, 2.05) is 12.3 Å². The monoisotopic (exact) mass is 415 g/mol. The zero-order chi connectivity index (χ0) is 19.7. The minimum atomic E-state index is -0.559. The molecule has 3 aromatic rings. The highest BCUT2D eigenvalue weighted by Gasteiger charge is 2.28. The van der Waals surface area contributed by atoms with E-state index in [9.17, 15) is 14.0 Å². The molecule has 2 aromatic heterocycles. The van der Waals surface area contributed by atoms with E-state index in [0.717, 1.165) is 6.42 Å². The number of nitrogens with zero attached hydrogens (tertiary/aromatic N) is 1. The topological polar surface area (TPSA) is 61.4 Å². The van der Waals surface area contributed by atoms with Gasteiger partial charge in [0.05, 0.1) is 17.3 Å². The average molecular weight is 416 g/mol. The predicted octanol–water partition coefficient (Wildman–Crippen LogP) is 5.35. The number of halogens is 1. The van der Waals surface area contributed by atoms with Crippen LogP contribution in [0, 0.1) is 5.82 Å². The number of fused-ring (bicyclic) bond motifs is 1. The lowest BCUT2D eigenvalue weighted by Crippen LogP contribution is -2.40. The van der Waals surface area contributed by atoms with Crippen molar-refractivity contribution in [2.45, 2.75) is 19.4 Å². The first kappa shape index (κ1) is 18.6. The fourth-order valence-electron chi connectivity index (χ4n) is 3.27. The highest BCUT2D eigenvalue weighted by molar-refractivity contribution is 7.10. The number of hydrogen-bond donors (Lipinski definition) is 2. The summed E-state index contributed by atoms with van der Waals surface area (Å²) >= 11 is 3.11. The summed E-state index contributed by atoms with van der Waals surface area (Å²) in [7, 11) is 0. The van der Waals surface area contributed by atoms with E-state index >= 15 is 0 Å². The van der Waals surface area contributed by atoms with Gasteiger partial charge in [0.25, 0.3) is 5.91 Å². The van der Waals surface area contributed by atoms with Crippen molar-refractivity contribution in [3.8, 4) is 0 Å². The van der Waals surface area contributed by atoms with Crippen molar-refractivity contribution in [2.24, 2.45) is 0 Å². The second-order valence-electron chi connectivity index (χ2n) is 6.51. The Labute approximate surface area is 169 Å². The maximum atomic E-state index is 14.1. The first-order valence-corrected chi connectivity index (χ1v) is 10.6. The molecule has 4 rings (SSSR count). The van der Waals surface area contributed by atoms with Crippen molar-refractivity contribution in [2.75, 3.05) is 17.2 Å². The van der Waals surface area contributed by atoms with Crippen LogP contribution in [0.2, 0.25) is 0 Å². The van der Waals surface area contributed by atoms with Crippen LogP contribution in [0.15, 0.2) is 46.5 Å². The van der Waals surface area contributed by atoms with Gasteiger partial charge in [-0.1, -0.05) is 0 Å². The van der Waals surface area contributed by atoms with Gasteiger partial charge in [-0.25, -0.2) is 9.18 Å². The largest absolute Gasteiger partial charge is 0.322 e. The molecule has 1 aromatic carbocycles. The number of amides is 3. The van der Waals surface area contributed by atoms with Crippen LogP contribution in [0.5, 0.6) is 0 Å². The van der Waals surface area contributed by atoms with Crippen LogP contribution >= 0.6 is 22.7 Å². The van der Waals surface area contributed by atoms with Gasteiger partial charge in [0, 0.05) is 22.5 Å². The van der Waals surface area contributed by atoms with E-state index in [1.54, 1.807) is 33.1 Å². The average Bonchev–Trinajstić information content (AvgIpc) is 3.36. The van der Waals surface area contributed by atoms with E-state index in [2.05, 4.69) is 16.7 Å². The van der Waals surface area contributed by atoms with Gasteiger partial charge < -0.3 is 15.5 Å². The maximum absolute atomic E-state index is 14.1. The lowest BCUT2D eigenvalue weighted by atomic mass is 10.0. The standard InChI is InChI=1S/C20H18FN3O2S2/c1-12-15-6-9-28-18(15)4-7-24(12)20(26)22-14-2-3-16(21)17(10-14)23-19(25)13-5-8-27-11-13/h2-3,5-6,8-12H,4,7H2,1H3,(H,22,26)(H,23,25). The SMILES string of the molecule is CC1c2ccsc2CCN1C(=O)Nc1ccc(F)c(NC(=O)c2ccsc2)c1. The Morgan fingerprint density at radius 3 is 2.82 bits per heavy atom. The van der Waals surface area contributed by atoms with Crippen LogP contribution < -0.4 is 10.6 Å². The summed E-state index contributed by atoms with van der Waals surface area (Å²) in [5, 5.41) is 10.9. The van der Waals surface area contributed by atoms with Crippen LogP contribution in [0.1, 0.15) is 33.8 Å². The molecule has 0 saturated carbocycles. The number of carbonyl (C=O) groups is 2. The van der Waals surface area contributed by atoms with Crippen LogP contribution in [-0.4, -0.2) is 23.4 Å². The summed E-state index contributed by atoms with van der Waals surface area (Å²) in [5.41, 5.74) is 2.10. The highest BCUT2D eigenvalue weighted by atomic mass is 32.1. The quantitative estimate of drug-likeness (QED) is 0.606. The van der Waals surface area contributed by atoms with Gasteiger partial charge >= 0.3 is 6.03 Å². The van der Waals surface area contributed by atoms with Crippen molar-refractivity contribution in [1.82, 2.24) is 4.90 Å². The van der Waals surface area contributed by atoms with Crippen LogP contribution in [0.25, 0.3) is 0 Å². The fraction of sp³-hybridized carbons (Fsp3) is 0.200.